The van der Waals surface area contributed by atoms with E-state index in [9.17, 15) is 9.59 Å². The Kier molecular flexibility index (Phi) is 5.47. The summed E-state index contributed by atoms with van der Waals surface area (Å²) in [6, 6.07) is 14.9. The molecule has 0 saturated heterocycles. The quantitative estimate of drug-likeness (QED) is 0.600. The van der Waals surface area contributed by atoms with Crippen LogP contribution in [-0.2, 0) is 27.4 Å². The summed E-state index contributed by atoms with van der Waals surface area (Å²) in [4.78, 5) is 30.3. The molecule has 0 radical (unpaired) electrons. The molecule has 0 unspecified atom stereocenters. The molecule has 30 heavy (non-hydrogen) atoms. The first-order valence-electron chi connectivity index (χ1n) is 9.67. The zero-order chi connectivity index (χ0) is 21.1. The standard InChI is InChI=1S/C22H21N3O5/c1-3-15-8-10-16(11-9-15)21-23-20(30-24-21)13-28-22(27)19-12-25(14(2)26)17-6-4-5-7-18(17)29-19/h4-11,19H,3,12-13H2,1-2H3/t19-/m0/s1. The third kappa shape index (κ3) is 4.03. The van der Waals surface area contributed by atoms with Crippen LogP contribution >= 0.6 is 0 Å². The van der Waals surface area contributed by atoms with Gasteiger partial charge in [0.05, 0.1) is 12.2 Å². The van der Waals surface area contributed by atoms with Gasteiger partial charge in [-0.15, -0.1) is 0 Å². The number of rotatable bonds is 5. The average Bonchev–Trinajstić information content (AvgIpc) is 3.25. The topological polar surface area (TPSA) is 94.8 Å². The van der Waals surface area contributed by atoms with Crippen LogP contribution in [0.15, 0.2) is 53.1 Å². The lowest BCUT2D eigenvalue weighted by atomic mass is 10.1. The smallest absolute Gasteiger partial charge is 0.349 e. The Morgan fingerprint density at radius 1 is 1.17 bits per heavy atom. The van der Waals surface area contributed by atoms with Gasteiger partial charge in [-0.25, -0.2) is 4.79 Å². The highest BCUT2D eigenvalue weighted by Gasteiger charge is 2.33. The van der Waals surface area contributed by atoms with Crippen LogP contribution in [-0.4, -0.2) is 34.7 Å². The molecule has 0 fully saturated rings. The molecule has 2 aromatic carbocycles. The lowest BCUT2D eigenvalue weighted by molar-refractivity contribution is -0.154. The van der Waals surface area contributed by atoms with Crippen LogP contribution in [0.3, 0.4) is 0 Å². The molecule has 0 saturated carbocycles. The van der Waals surface area contributed by atoms with Gasteiger partial charge in [-0.05, 0) is 24.1 Å². The lowest BCUT2D eigenvalue weighted by Gasteiger charge is -2.32. The molecule has 8 heteroatoms. The maximum atomic E-state index is 12.5. The first-order chi connectivity index (χ1) is 14.5. The maximum absolute atomic E-state index is 12.5. The van der Waals surface area contributed by atoms with Crippen molar-refractivity contribution in [1.82, 2.24) is 10.1 Å². The highest BCUT2D eigenvalue weighted by molar-refractivity contribution is 5.95. The van der Waals surface area contributed by atoms with E-state index in [-0.39, 0.29) is 24.9 Å². The Morgan fingerprint density at radius 2 is 1.93 bits per heavy atom. The second-order valence-electron chi connectivity index (χ2n) is 6.87. The number of nitrogens with zero attached hydrogens (tertiary/aromatic N) is 3. The molecule has 0 aliphatic carbocycles. The fraction of sp³-hybridized carbons (Fsp3) is 0.273. The van der Waals surface area contributed by atoms with Crippen LogP contribution in [0.1, 0.15) is 25.3 Å². The number of para-hydroxylation sites is 2. The van der Waals surface area contributed by atoms with Crippen molar-refractivity contribution >= 4 is 17.6 Å². The summed E-state index contributed by atoms with van der Waals surface area (Å²) in [5, 5.41) is 3.94. The van der Waals surface area contributed by atoms with E-state index < -0.39 is 12.1 Å². The molecule has 3 aromatic rings. The molecular weight excluding hydrogens is 386 g/mol. The molecule has 4 rings (SSSR count). The Hall–Kier alpha value is -3.68. The van der Waals surface area contributed by atoms with Crippen LogP contribution in [0.4, 0.5) is 5.69 Å². The van der Waals surface area contributed by atoms with Gasteiger partial charge in [0.1, 0.15) is 5.75 Å². The van der Waals surface area contributed by atoms with E-state index >= 15 is 0 Å². The molecule has 0 bridgehead atoms. The van der Waals surface area contributed by atoms with Crippen molar-refractivity contribution in [1.29, 1.82) is 0 Å². The predicted molar refractivity (Wildman–Crippen MR) is 108 cm³/mol. The molecule has 0 spiro atoms. The Balaban J connectivity index is 1.40. The van der Waals surface area contributed by atoms with Crippen molar-refractivity contribution in [3.05, 3.63) is 60.0 Å². The minimum absolute atomic E-state index is 0.0735. The summed E-state index contributed by atoms with van der Waals surface area (Å²) in [5.74, 6) is 0.269. The average molecular weight is 407 g/mol. The van der Waals surface area contributed by atoms with Gasteiger partial charge < -0.3 is 18.9 Å². The van der Waals surface area contributed by atoms with E-state index in [1.54, 1.807) is 24.3 Å². The van der Waals surface area contributed by atoms with Crippen molar-refractivity contribution in [2.75, 3.05) is 11.4 Å². The van der Waals surface area contributed by atoms with E-state index in [2.05, 4.69) is 17.1 Å². The van der Waals surface area contributed by atoms with Crippen LogP contribution in [0.5, 0.6) is 5.75 Å². The third-order valence-electron chi connectivity index (χ3n) is 4.84. The zero-order valence-corrected chi connectivity index (χ0v) is 16.7. The molecule has 1 atom stereocenters. The van der Waals surface area contributed by atoms with E-state index in [0.717, 1.165) is 12.0 Å². The summed E-state index contributed by atoms with van der Waals surface area (Å²) in [6.45, 7) is 3.42. The van der Waals surface area contributed by atoms with Gasteiger partial charge >= 0.3 is 5.97 Å². The fourth-order valence-electron chi connectivity index (χ4n) is 3.20. The van der Waals surface area contributed by atoms with Crippen LogP contribution in [0.2, 0.25) is 0 Å². The van der Waals surface area contributed by atoms with Gasteiger partial charge in [-0.3, -0.25) is 4.79 Å². The van der Waals surface area contributed by atoms with E-state index in [4.69, 9.17) is 14.0 Å². The number of benzene rings is 2. The van der Waals surface area contributed by atoms with Crippen LogP contribution in [0.25, 0.3) is 11.4 Å². The maximum Gasteiger partial charge on any atom is 0.349 e. The van der Waals surface area contributed by atoms with Crippen molar-refractivity contribution in [3.8, 4) is 17.1 Å². The summed E-state index contributed by atoms with van der Waals surface area (Å²) < 4.78 is 16.2. The number of aromatic nitrogens is 2. The SMILES string of the molecule is CCc1ccc(-c2noc(COC(=O)[C@@H]3CN(C(C)=O)c4ccccc4O3)n2)cc1. The highest BCUT2D eigenvalue weighted by Crippen LogP contribution is 2.33. The Labute approximate surface area is 173 Å². The number of esters is 1. The van der Waals surface area contributed by atoms with Gasteiger partial charge in [-0.1, -0.05) is 48.5 Å². The molecule has 1 aromatic heterocycles. The summed E-state index contributed by atoms with van der Waals surface area (Å²) >= 11 is 0. The Morgan fingerprint density at radius 3 is 2.67 bits per heavy atom. The van der Waals surface area contributed by atoms with Crippen molar-refractivity contribution < 1.29 is 23.6 Å². The van der Waals surface area contributed by atoms with E-state index in [1.165, 1.54) is 17.4 Å². The second-order valence-corrected chi connectivity index (χ2v) is 6.87. The van der Waals surface area contributed by atoms with E-state index in [1.807, 2.05) is 24.3 Å². The molecule has 2 heterocycles. The number of hydrogen-bond acceptors (Lipinski definition) is 7. The molecular formula is C22H21N3O5. The number of aryl methyl sites for hydroxylation is 1. The van der Waals surface area contributed by atoms with E-state index in [0.29, 0.717) is 17.3 Å². The number of fused-ring (bicyclic) bond motifs is 1. The molecule has 1 aliphatic rings. The summed E-state index contributed by atoms with van der Waals surface area (Å²) in [6.07, 6.45) is 0.00968. The molecule has 1 amide bonds. The second kappa shape index (κ2) is 8.36. The molecule has 8 nitrogen and oxygen atoms in total. The number of hydrogen-bond donors (Lipinski definition) is 0. The molecule has 0 N–H and O–H groups in total. The Bertz CT molecular complexity index is 1060. The van der Waals surface area contributed by atoms with Gasteiger partial charge in [0, 0.05) is 12.5 Å². The number of anilines is 1. The minimum atomic E-state index is -0.937. The zero-order valence-electron chi connectivity index (χ0n) is 16.7. The number of ether oxygens (including phenoxy) is 2. The monoisotopic (exact) mass is 407 g/mol. The van der Waals surface area contributed by atoms with Crippen LogP contribution in [0, 0.1) is 0 Å². The third-order valence-corrected chi connectivity index (χ3v) is 4.84. The number of carbonyl (C=O) groups excluding carboxylic acids is 2. The first-order valence-corrected chi connectivity index (χ1v) is 9.67. The lowest BCUT2D eigenvalue weighted by Crippen LogP contribution is -2.47. The van der Waals surface area contributed by atoms with Gasteiger partial charge in [0.15, 0.2) is 6.61 Å². The highest BCUT2D eigenvalue weighted by atomic mass is 16.6. The van der Waals surface area contributed by atoms with Gasteiger partial charge in [0.2, 0.25) is 17.8 Å². The predicted octanol–water partition coefficient (Wildman–Crippen LogP) is 3.16. The normalized spacial score (nSPS) is 15.3. The minimum Gasteiger partial charge on any atom is -0.475 e. The molecule has 1 aliphatic heterocycles. The van der Waals surface area contributed by atoms with Crippen molar-refractivity contribution in [2.24, 2.45) is 0 Å². The van der Waals surface area contributed by atoms with Crippen molar-refractivity contribution in [3.63, 3.8) is 0 Å². The largest absolute Gasteiger partial charge is 0.475 e. The van der Waals surface area contributed by atoms with Gasteiger partial charge in [-0.2, -0.15) is 4.98 Å². The van der Waals surface area contributed by atoms with Gasteiger partial charge in [0.25, 0.3) is 5.89 Å². The summed E-state index contributed by atoms with van der Waals surface area (Å²) in [5.41, 5.74) is 2.66. The molecule has 154 valence electrons. The number of carbonyl (C=O) groups is 2. The van der Waals surface area contributed by atoms with Crippen molar-refractivity contribution in [2.45, 2.75) is 33.0 Å². The fourth-order valence-corrected chi connectivity index (χ4v) is 3.20. The first kappa shape index (κ1) is 19.6. The van der Waals surface area contributed by atoms with Crippen LogP contribution < -0.4 is 9.64 Å². The number of amides is 1. The summed E-state index contributed by atoms with van der Waals surface area (Å²) in [7, 11) is 0.